The van der Waals surface area contributed by atoms with Crippen LogP contribution in [0.2, 0.25) is 0 Å². The first kappa shape index (κ1) is 10.3. The van der Waals surface area contributed by atoms with Crippen molar-refractivity contribution >= 4 is 11.6 Å². The predicted octanol–water partition coefficient (Wildman–Crippen LogP) is 2.39. The van der Waals surface area contributed by atoms with Gasteiger partial charge in [-0.2, -0.15) is 0 Å². The average Bonchev–Trinajstić information content (AvgIpc) is 2.62. The van der Waals surface area contributed by atoms with Crippen LogP contribution in [0.4, 0.5) is 0 Å². The fraction of sp³-hybridized carbons (Fsp3) is 1.00. The van der Waals surface area contributed by atoms with Crippen molar-refractivity contribution in [2.75, 3.05) is 6.61 Å². The second-order valence-corrected chi connectivity index (χ2v) is 4.36. The molecule has 1 heterocycles. The maximum atomic E-state index is 10.2. The minimum absolute atomic E-state index is 0.368. The standard InChI is InChI=1S/C9H14ClNO3/c10-8(11-12)7-6-13-9(14-7)4-2-1-3-5-9/h7-8H,1-6H2. The molecular formula is C9H14ClNO3. The van der Waals surface area contributed by atoms with Crippen LogP contribution in [0.5, 0.6) is 0 Å². The van der Waals surface area contributed by atoms with Crippen molar-refractivity contribution in [1.82, 2.24) is 0 Å². The lowest BCUT2D eigenvalue weighted by Gasteiger charge is -2.31. The molecule has 1 saturated heterocycles. The summed E-state index contributed by atoms with van der Waals surface area (Å²) < 4.78 is 11.3. The quantitative estimate of drug-likeness (QED) is 0.407. The van der Waals surface area contributed by atoms with E-state index in [1.807, 2.05) is 0 Å². The van der Waals surface area contributed by atoms with Crippen molar-refractivity contribution < 1.29 is 9.47 Å². The SMILES string of the molecule is O=NC(Cl)C1COC2(CCCCC2)O1. The van der Waals surface area contributed by atoms with Gasteiger partial charge >= 0.3 is 0 Å². The third kappa shape index (κ3) is 1.92. The topological polar surface area (TPSA) is 47.9 Å². The van der Waals surface area contributed by atoms with E-state index in [0.29, 0.717) is 6.61 Å². The van der Waals surface area contributed by atoms with E-state index in [1.54, 1.807) is 0 Å². The molecule has 2 fully saturated rings. The van der Waals surface area contributed by atoms with E-state index in [0.717, 1.165) is 25.7 Å². The Morgan fingerprint density at radius 2 is 2.07 bits per heavy atom. The van der Waals surface area contributed by atoms with Crippen LogP contribution in [0.1, 0.15) is 32.1 Å². The van der Waals surface area contributed by atoms with Crippen molar-refractivity contribution in [3.8, 4) is 0 Å². The highest BCUT2D eigenvalue weighted by molar-refractivity contribution is 6.20. The molecule has 80 valence electrons. The smallest absolute Gasteiger partial charge is 0.193 e. The molecular weight excluding hydrogens is 206 g/mol. The lowest BCUT2D eigenvalue weighted by Crippen LogP contribution is -2.34. The Bertz CT molecular complexity index is 218. The van der Waals surface area contributed by atoms with E-state index in [1.165, 1.54) is 6.42 Å². The molecule has 0 amide bonds. The highest BCUT2D eigenvalue weighted by Gasteiger charge is 2.44. The van der Waals surface area contributed by atoms with Gasteiger partial charge in [0, 0.05) is 12.8 Å². The zero-order valence-corrected chi connectivity index (χ0v) is 8.70. The number of nitroso groups, excluding NO2 is 1. The molecule has 0 aromatic carbocycles. The van der Waals surface area contributed by atoms with Gasteiger partial charge in [0.15, 0.2) is 11.3 Å². The second-order valence-electron chi connectivity index (χ2n) is 3.92. The molecule has 5 heteroatoms. The number of nitrogens with zero attached hydrogens (tertiary/aromatic N) is 1. The van der Waals surface area contributed by atoms with Gasteiger partial charge in [-0.1, -0.05) is 18.0 Å². The summed E-state index contributed by atoms with van der Waals surface area (Å²) in [4.78, 5) is 10.2. The fourth-order valence-corrected chi connectivity index (χ4v) is 2.26. The first-order chi connectivity index (χ1) is 6.76. The molecule has 1 saturated carbocycles. The maximum absolute atomic E-state index is 10.2. The molecule has 1 aliphatic carbocycles. The summed E-state index contributed by atoms with van der Waals surface area (Å²) in [6, 6.07) is 0. The number of rotatable bonds is 2. The van der Waals surface area contributed by atoms with E-state index in [2.05, 4.69) is 5.18 Å². The molecule has 0 bridgehead atoms. The summed E-state index contributed by atoms with van der Waals surface area (Å²) in [6.07, 6.45) is 4.92. The Labute approximate surface area is 87.9 Å². The number of halogens is 1. The first-order valence-electron chi connectivity index (χ1n) is 5.04. The minimum atomic E-state index is -0.823. The highest BCUT2D eigenvalue weighted by Crippen LogP contribution is 2.39. The van der Waals surface area contributed by atoms with Crippen LogP contribution < -0.4 is 0 Å². The summed E-state index contributed by atoms with van der Waals surface area (Å²) in [7, 11) is 0. The van der Waals surface area contributed by atoms with Crippen LogP contribution in [-0.4, -0.2) is 24.0 Å². The third-order valence-electron chi connectivity index (χ3n) is 2.90. The summed E-state index contributed by atoms with van der Waals surface area (Å²) in [5.74, 6) is -0.458. The minimum Gasteiger partial charge on any atom is -0.347 e. The lowest BCUT2D eigenvalue weighted by molar-refractivity contribution is -0.186. The van der Waals surface area contributed by atoms with Crippen molar-refractivity contribution in [3.05, 3.63) is 4.91 Å². The van der Waals surface area contributed by atoms with Crippen molar-refractivity contribution in [1.29, 1.82) is 0 Å². The van der Waals surface area contributed by atoms with Gasteiger partial charge in [0.1, 0.15) is 6.10 Å². The van der Waals surface area contributed by atoms with Crippen LogP contribution in [0.15, 0.2) is 5.18 Å². The zero-order chi connectivity index (χ0) is 10.0. The van der Waals surface area contributed by atoms with Crippen LogP contribution in [0.25, 0.3) is 0 Å². The van der Waals surface area contributed by atoms with E-state index >= 15 is 0 Å². The molecule has 0 aromatic heterocycles. The van der Waals surface area contributed by atoms with Gasteiger partial charge in [-0.3, -0.25) is 0 Å². The average molecular weight is 220 g/mol. The molecule has 2 atom stereocenters. The van der Waals surface area contributed by atoms with Crippen molar-refractivity contribution in [3.63, 3.8) is 0 Å². The van der Waals surface area contributed by atoms with Crippen LogP contribution in [0.3, 0.4) is 0 Å². The summed E-state index contributed by atoms with van der Waals surface area (Å²) in [5.41, 5.74) is -0.823. The predicted molar refractivity (Wildman–Crippen MR) is 52.1 cm³/mol. The van der Waals surface area contributed by atoms with Gasteiger partial charge in [0.05, 0.1) is 6.61 Å². The van der Waals surface area contributed by atoms with Gasteiger partial charge in [-0.05, 0) is 18.0 Å². The van der Waals surface area contributed by atoms with Crippen molar-refractivity contribution in [2.45, 2.75) is 49.5 Å². The second kappa shape index (κ2) is 4.13. The molecule has 0 radical (unpaired) electrons. The number of ether oxygens (including phenoxy) is 2. The van der Waals surface area contributed by atoms with E-state index < -0.39 is 11.3 Å². The largest absolute Gasteiger partial charge is 0.347 e. The van der Waals surface area contributed by atoms with Gasteiger partial charge in [-0.25, -0.2) is 0 Å². The summed E-state index contributed by atoms with van der Waals surface area (Å²) in [6.45, 7) is 0.389. The van der Waals surface area contributed by atoms with E-state index in [9.17, 15) is 4.91 Å². The normalized spacial score (nSPS) is 33.1. The van der Waals surface area contributed by atoms with Gasteiger partial charge in [-0.15, -0.1) is 4.91 Å². The third-order valence-corrected chi connectivity index (χ3v) is 3.26. The number of alkyl halides is 1. The van der Waals surface area contributed by atoms with Crippen LogP contribution in [0, 0.1) is 4.91 Å². The van der Waals surface area contributed by atoms with Gasteiger partial charge < -0.3 is 9.47 Å². The zero-order valence-electron chi connectivity index (χ0n) is 7.95. The Hall–Kier alpha value is -0.190. The van der Waals surface area contributed by atoms with Gasteiger partial charge in [0.25, 0.3) is 0 Å². The summed E-state index contributed by atoms with van der Waals surface area (Å²) in [5, 5.41) is 2.76. The molecule has 2 aliphatic rings. The number of hydrogen-bond acceptors (Lipinski definition) is 4. The first-order valence-corrected chi connectivity index (χ1v) is 5.48. The Morgan fingerprint density at radius 3 is 2.71 bits per heavy atom. The monoisotopic (exact) mass is 219 g/mol. The Morgan fingerprint density at radius 1 is 1.36 bits per heavy atom. The highest BCUT2D eigenvalue weighted by atomic mass is 35.5. The van der Waals surface area contributed by atoms with Crippen molar-refractivity contribution in [2.24, 2.45) is 5.18 Å². The molecule has 14 heavy (non-hydrogen) atoms. The number of hydrogen-bond donors (Lipinski definition) is 0. The molecule has 2 rings (SSSR count). The van der Waals surface area contributed by atoms with Crippen LogP contribution in [-0.2, 0) is 9.47 Å². The van der Waals surface area contributed by atoms with Gasteiger partial charge in [0.2, 0.25) is 0 Å². The molecule has 2 unspecified atom stereocenters. The Balaban J connectivity index is 1.95. The molecule has 1 spiro atoms. The fourth-order valence-electron chi connectivity index (χ4n) is 2.13. The molecule has 0 N–H and O–H groups in total. The Kier molecular flexibility index (Phi) is 3.04. The molecule has 1 aliphatic heterocycles. The lowest BCUT2D eigenvalue weighted by atomic mass is 9.94. The maximum Gasteiger partial charge on any atom is 0.193 e. The van der Waals surface area contributed by atoms with E-state index in [4.69, 9.17) is 21.1 Å². The summed E-state index contributed by atoms with van der Waals surface area (Å²) >= 11 is 5.69. The molecule has 0 aromatic rings. The molecule has 4 nitrogen and oxygen atoms in total. The van der Waals surface area contributed by atoms with E-state index in [-0.39, 0.29) is 6.10 Å². The van der Waals surface area contributed by atoms with Crippen LogP contribution >= 0.6 is 11.6 Å².